The van der Waals surface area contributed by atoms with E-state index in [4.69, 9.17) is 5.11 Å². The molecule has 2 nitrogen and oxygen atoms in total. The van der Waals surface area contributed by atoms with Crippen molar-refractivity contribution in [3.8, 4) is 0 Å². The largest absolute Gasteiger partial charge is 0.393 e. The first kappa shape index (κ1) is 9.75. The topological polar surface area (TPSA) is 40.5 Å². The number of hydrogen-bond acceptors (Lipinski definition) is 2. The first-order valence-corrected chi connectivity index (χ1v) is 4.72. The van der Waals surface area contributed by atoms with E-state index in [1.807, 2.05) is 0 Å². The van der Waals surface area contributed by atoms with Crippen molar-refractivity contribution in [1.29, 1.82) is 0 Å². The summed E-state index contributed by atoms with van der Waals surface area (Å²) in [4.78, 5) is 0. The fourth-order valence-electron chi connectivity index (χ4n) is 1.88. The Morgan fingerprint density at radius 2 is 1.92 bits per heavy atom. The molecule has 0 bridgehead atoms. The van der Waals surface area contributed by atoms with Crippen LogP contribution in [-0.2, 0) is 0 Å². The minimum atomic E-state index is -0.271. The summed E-state index contributed by atoms with van der Waals surface area (Å²) in [6, 6.07) is 0. The molecule has 0 heterocycles. The van der Waals surface area contributed by atoms with Crippen molar-refractivity contribution < 1.29 is 10.2 Å². The van der Waals surface area contributed by atoms with Crippen molar-refractivity contribution in [2.45, 2.75) is 38.2 Å². The van der Waals surface area contributed by atoms with Crippen LogP contribution >= 0.6 is 0 Å². The van der Waals surface area contributed by atoms with Gasteiger partial charge in [-0.2, -0.15) is 0 Å². The molecule has 0 aromatic heterocycles. The van der Waals surface area contributed by atoms with Gasteiger partial charge in [-0.25, -0.2) is 0 Å². The summed E-state index contributed by atoms with van der Waals surface area (Å²) >= 11 is 0. The lowest BCUT2D eigenvalue weighted by molar-refractivity contribution is 0.111. The molecule has 2 atom stereocenters. The van der Waals surface area contributed by atoms with Crippen LogP contribution in [-0.4, -0.2) is 22.9 Å². The van der Waals surface area contributed by atoms with Gasteiger partial charge in [0.15, 0.2) is 0 Å². The number of aliphatic hydroxyl groups is 2. The minimum absolute atomic E-state index is 0.0156. The van der Waals surface area contributed by atoms with Gasteiger partial charge in [0, 0.05) is 5.92 Å². The van der Waals surface area contributed by atoms with Gasteiger partial charge in [-0.3, -0.25) is 0 Å². The van der Waals surface area contributed by atoms with E-state index in [-0.39, 0.29) is 18.6 Å². The highest BCUT2D eigenvalue weighted by molar-refractivity contribution is 5.03. The third-order valence-electron chi connectivity index (χ3n) is 2.71. The molecule has 0 aromatic carbocycles. The summed E-state index contributed by atoms with van der Waals surface area (Å²) in [5.41, 5.74) is 0.796. The smallest absolute Gasteiger partial charge is 0.0642 e. The van der Waals surface area contributed by atoms with Crippen LogP contribution in [0.3, 0.4) is 0 Å². The Morgan fingerprint density at radius 1 is 1.25 bits per heavy atom. The zero-order valence-electron chi connectivity index (χ0n) is 7.50. The highest BCUT2D eigenvalue weighted by Gasteiger charge is 2.23. The van der Waals surface area contributed by atoms with Crippen molar-refractivity contribution in [2.75, 3.05) is 6.61 Å². The Morgan fingerprint density at radius 3 is 2.58 bits per heavy atom. The van der Waals surface area contributed by atoms with Crippen molar-refractivity contribution in [3.05, 3.63) is 12.2 Å². The first-order valence-electron chi connectivity index (χ1n) is 4.72. The SMILES string of the molecule is C=C(CO)[C@H]1CCCCC[C@@H]1O. The van der Waals surface area contributed by atoms with Crippen LogP contribution in [0.15, 0.2) is 12.2 Å². The third-order valence-corrected chi connectivity index (χ3v) is 2.71. The average molecular weight is 170 g/mol. The van der Waals surface area contributed by atoms with Gasteiger partial charge >= 0.3 is 0 Å². The Labute approximate surface area is 73.9 Å². The zero-order chi connectivity index (χ0) is 8.97. The second-order valence-electron chi connectivity index (χ2n) is 3.63. The minimum Gasteiger partial charge on any atom is -0.393 e. The monoisotopic (exact) mass is 170 g/mol. The maximum atomic E-state index is 9.68. The lowest BCUT2D eigenvalue weighted by atomic mass is 9.90. The zero-order valence-corrected chi connectivity index (χ0v) is 7.50. The molecule has 0 saturated heterocycles. The first-order chi connectivity index (χ1) is 5.75. The molecule has 0 aliphatic heterocycles. The summed E-state index contributed by atoms with van der Waals surface area (Å²) < 4.78 is 0. The fraction of sp³-hybridized carbons (Fsp3) is 0.800. The summed E-state index contributed by atoms with van der Waals surface area (Å²) in [7, 11) is 0. The van der Waals surface area contributed by atoms with E-state index in [1.165, 1.54) is 6.42 Å². The molecule has 0 spiro atoms. The third kappa shape index (κ3) is 2.32. The van der Waals surface area contributed by atoms with E-state index >= 15 is 0 Å². The van der Waals surface area contributed by atoms with Crippen LogP contribution in [0.1, 0.15) is 32.1 Å². The molecular formula is C10H18O2. The number of hydrogen-bond donors (Lipinski definition) is 2. The lowest BCUT2D eigenvalue weighted by Crippen LogP contribution is -2.21. The second kappa shape index (κ2) is 4.63. The van der Waals surface area contributed by atoms with Gasteiger partial charge in [0.25, 0.3) is 0 Å². The second-order valence-corrected chi connectivity index (χ2v) is 3.63. The van der Waals surface area contributed by atoms with Gasteiger partial charge in [0.05, 0.1) is 12.7 Å². The van der Waals surface area contributed by atoms with Crippen LogP contribution in [0.25, 0.3) is 0 Å². The molecule has 0 unspecified atom stereocenters. The molecule has 0 aromatic rings. The van der Waals surface area contributed by atoms with Gasteiger partial charge in [-0.1, -0.05) is 25.8 Å². The van der Waals surface area contributed by atoms with E-state index in [0.29, 0.717) is 0 Å². The fourth-order valence-corrected chi connectivity index (χ4v) is 1.88. The predicted octanol–water partition coefficient (Wildman–Crippen LogP) is 1.48. The van der Waals surface area contributed by atoms with E-state index in [2.05, 4.69) is 6.58 Å². The summed E-state index contributed by atoms with van der Waals surface area (Å²) in [6.45, 7) is 3.79. The standard InChI is InChI=1S/C10H18O2/c1-8(7-11)9-5-3-2-4-6-10(9)12/h9-12H,1-7H2/t9-,10+/m1/s1. The molecule has 2 N–H and O–H groups in total. The van der Waals surface area contributed by atoms with Crippen LogP contribution in [0.4, 0.5) is 0 Å². The van der Waals surface area contributed by atoms with Crippen molar-refractivity contribution in [3.63, 3.8) is 0 Å². The van der Waals surface area contributed by atoms with Gasteiger partial charge in [-0.15, -0.1) is 0 Å². The van der Waals surface area contributed by atoms with E-state index in [1.54, 1.807) is 0 Å². The molecule has 2 heteroatoms. The normalized spacial score (nSPS) is 31.2. The van der Waals surface area contributed by atoms with Crippen molar-refractivity contribution in [2.24, 2.45) is 5.92 Å². The summed E-state index contributed by atoms with van der Waals surface area (Å²) in [6.07, 6.45) is 5.04. The van der Waals surface area contributed by atoms with Crippen LogP contribution in [0.2, 0.25) is 0 Å². The van der Waals surface area contributed by atoms with E-state index in [0.717, 1.165) is 31.3 Å². The Balaban J connectivity index is 2.52. The molecule has 70 valence electrons. The summed E-state index contributed by atoms with van der Waals surface area (Å²) in [5, 5.41) is 18.6. The van der Waals surface area contributed by atoms with Gasteiger partial charge in [0.2, 0.25) is 0 Å². The lowest BCUT2D eigenvalue weighted by Gasteiger charge is -2.21. The molecular weight excluding hydrogens is 152 g/mol. The Hall–Kier alpha value is -0.340. The quantitative estimate of drug-likeness (QED) is 0.487. The molecule has 0 radical (unpaired) electrons. The van der Waals surface area contributed by atoms with Gasteiger partial charge in [-0.05, 0) is 18.4 Å². The van der Waals surface area contributed by atoms with E-state index in [9.17, 15) is 5.11 Å². The predicted molar refractivity (Wildman–Crippen MR) is 48.8 cm³/mol. The summed E-state index contributed by atoms with van der Waals surface area (Å²) in [5.74, 6) is 0.137. The van der Waals surface area contributed by atoms with Crippen molar-refractivity contribution in [1.82, 2.24) is 0 Å². The van der Waals surface area contributed by atoms with Crippen LogP contribution in [0.5, 0.6) is 0 Å². The molecule has 1 aliphatic carbocycles. The highest BCUT2D eigenvalue weighted by atomic mass is 16.3. The molecule has 1 rings (SSSR count). The maximum Gasteiger partial charge on any atom is 0.0642 e. The van der Waals surface area contributed by atoms with Crippen LogP contribution in [0, 0.1) is 5.92 Å². The van der Waals surface area contributed by atoms with Crippen LogP contribution < -0.4 is 0 Å². The molecule has 1 aliphatic rings. The van der Waals surface area contributed by atoms with Gasteiger partial charge in [0.1, 0.15) is 0 Å². The van der Waals surface area contributed by atoms with Crippen molar-refractivity contribution >= 4 is 0 Å². The maximum absolute atomic E-state index is 9.68. The van der Waals surface area contributed by atoms with Gasteiger partial charge < -0.3 is 10.2 Å². The highest BCUT2D eigenvalue weighted by Crippen LogP contribution is 2.27. The molecule has 1 fully saturated rings. The molecule has 12 heavy (non-hydrogen) atoms. The number of aliphatic hydroxyl groups excluding tert-OH is 2. The Bertz CT molecular complexity index is 154. The van der Waals surface area contributed by atoms with E-state index < -0.39 is 0 Å². The average Bonchev–Trinajstić information content (AvgIpc) is 2.28. The molecule has 0 amide bonds. The molecule has 1 saturated carbocycles. The number of rotatable bonds is 2. The Kier molecular flexibility index (Phi) is 3.76.